The Hall–Kier alpha value is -2.38. The van der Waals surface area contributed by atoms with Crippen molar-refractivity contribution in [3.63, 3.8) is 0 Å². The molecule has 0 aliphatic rings. The first kappa shape index (κ1) is 18.4. The summed E-state index contributed by atoms with van der Waals surface area (Å²) in [6, 6.07) is 13.3. The number of thiazole rings is 1. The molecule has 3 rings (SSSR count). The Bertz CT molecular complexity index is 894. The molecule has 26 heavy (non-hydrogen) atoms. The molecule has 0 aliphatic heterocycles. The number of aromatic nitrogens is 2. The Balaban J connectivity index is 1.77. The highest BCUT2D eigenvalue weighted by Gasteiger charge is 2.18. The molecule has 0 atom stereocenters. The van der Waals surface area contributed by atoms with Crippen molar-refractivity contribution in [2.24, 2.45) is 0 Å². The minimum atomic E-state index is -0.0803. The van der Waals surface area contributed by atoms with Gasteiger partial charge < -0.3 is 5.21 Å². The van der Waals surface area contributed by atoms with Gasteiger partial charge in [0.15, 0.2) is 11.3 Å². The lowest BCUT2D eigenvalue weighted by molar-refractivity contribution is -0.645. The van der Waals surface area contributed by atoms with E-state index in [0.717, 1.165) is 22.5 Å². The number of hydrogen-bond donors (Lipinski definition) is 0. The molecule has 0 N–H and O–H groups in total. The first-order valence-electron chi connectivity index (χ1n) is 8.23. The van der Waals surface area contributed by atoms with Gasteiger partial charge in [0.25, 0.3) is 5.03 Å². The molecule has 0 fully saturated rings. The summed E-state index contributed by atoms with van der Waals surface area (Å²) in [6.07, 6.45) is 2.43. The van der Waals surface area contributed by atoms with E-state index in [1.165, 1.54) is 41.8 Å². The van der Waals surface area contributed by atoms with Crippen molar-refractivity contribution in [2.45, 2.75) is 31.0 Å². The number of thioether (sulfide) groups is 1. The van der Waals surface area contributed by atoms with Gasteiger partial charge in [0, 0.05) is 30.2 Å². The summed E-state index contributed by atoms with van der Waals surface area (Å²) < 4.78 is 0.842. The highest BCUT2D eigenvalue weighted by atomic mass is 32.2. The molecule has 7 heteroatoms. The first-order chi connectivity index (χ1) is 12.6. The number of rotatable bonds is 6. The lowest BCUT2D eigenvalue weighted by Crippen LogP contribution is -2.27. The molecule has 0 unspecified atom stereocenters. The molecule has 1 amide bonds. The molecule has 0 aliphatic carbocycles. The summed E-state index contributed by atoms with van der Waals surface area (Å²) in [7, 11) is 0. The average Bonchev–Trinajstić information content (AvgIpc) is 3.10. The van der Waals surface area contributed by atoms with Crippen molar-refractivity contribution < 1.29 is 9.52 Å². The van der Waals surface area contributed by atoms with E-state index in [4.69, 9.17) is 0 Å². The Labute approximate surface area is 160 Å². The number of hydrogen-bond acceptors (Lipinski definition) is 5. The molecule has 1 aromatic carbocycles. The fourth-order valence-electron chi connectivity index (χ4n) is 2.45. The van der Waals surface area contributed by atoms with Gasteiger partial charge in [-0.25, -0.2) is 4.98 Å². The van der Waals surface area contributed by atoms with E-state index in [1.54, 1.807) is 17.0 Å². The maximum Gasteiger partial charge on any atom is 0.251 e. The standard InChI is InChI=1S/C19H19N3O2S2/c1-3-15-7-9-17(10-8-15)22(14(2)23)19-20-16(13-26-19)12-25-18-6-4-5-11-21(18)24/h4-11,13H,3,12H2,1-2H3. The summed E-state index contributed by atoms with van der Waals surface area (Å²) in [5.74, 6) is 0.492. The van der Waals surface area contributed by atoms with Crippen molar-refractivity contribution in [3.05, 3.63) is 70.5 Å². The Morgan fingerprint density at radius 1 is 1.27 bits per heavy atom. The van der Waals surface area contributed by atoms with Crippen molar-refractivity contribution in [3.8, 4) is 0 Å². The first-order valence-corrected chi connectivity index (χ1v) is 10.1. The highest BCUT2D eigenvalue weighted by Crippen LogP contribution is 2.31. The maximum absolute atomic E-state index is 12.2. The van der Waals surface area contributed by atoms with Gasteiger partial charge in [0.2, 0.25) is 5.91 Å². The number of pyridine rings is 1. The van der Waals surface area contributed by atoms with E-state index >= 15 is 0 Å². The van der Waals surface area contributed by atoms with E-state index in [2.05, 4.69) is 11.9 Å². The van der Waals surface area contributed by atoms with Crippen LogP contribution >= 0.6 is 23.1 Å². The van der Waals surface area contributed by atoms with E-state index in [0.29, 0.717) is 15.9 Å². The second-order valence-electron chi connectivity index (χ2n) is 5.65. The number of nitrogens with zero attached hydrogens (tertiary/aromatic N) is 3. The average molecular weight is 386 g/mol. The molecule has 3 aromatic rings. The third kappa shape index (κ3) is 4.23. The van der Waals surface area contributed by atoms with Crippen LogP contribution < -0.4 is 9.63 Å². The van der Waals surface area contributed by atoms with Crippen LogP contribution in [0.1, 0.15) is 25.1 Å². The van der Waals surface area contributed by atoms with Crippen molar-refractivity contribution >= 4 is 39.8 Å². The largest absolute Gasteiger partial charge is 0.618 e. The van der Waals surface area contributed by atoms with Gasteiger partial charge in [-0.1, -0.05) is 19.1 Å². The summed E-state index contributed by atoms with van der Waals surface area (Å²) in [6.45, 7) is 3.63. The highest BCUT2D eigenvalue weighted by molar-refractivity contribution is 7.98. The zero-order valence-corrected chi connectivity index (χ0v) is 16.2. The van der Waals surface area contributed by atoms with Crippen LogP contribution in [0.3, 0.4) is 0 Å². The summed E-state index contributed by atoms with van der Waals surface area (Å²) in [5.41, 5.74) is 2.88. The normalized spacial score (nSPS) is 10.7. The minimum absolute atomic E-state index is 0.0803. The van der Waals surface area contributed by atoms with Crippen LogP contribution in [0.2, 0.25) is 0 Å². The zero-order chi connectivity index (χ0) is 18.5. The Morgan fingerprint density at radius 3 is 2.69 bits per heavy atom. The van der Waals surface area contributed by atoms with Crippen LogP contribution in [0.5, 0.6) is 0 Å². The molecule has 2 aromatic heterocycles. The van der Waals surface area contributed by atoms with Gasteiger partial charge in [-0.15, -0.1) is 11.3 Å². The zero-order valence-electron chi connectivity index (χ0n) is 14.6. The molecule has 0 saturated heterocycles. The van der Waals surface area contributed by atoms with Crippen LogP contribution in [0.25, 0.3) is 0 Å². The summed E-state index contributed by atoms with van der Waals surface area (Å²) in [5, 5.41) is 14.9. The number of carbonyl (C=O) groups is 1. The van der Waals surface area contributed by atoms with Crippen LogP contribution in [0.15, 0.2) is 59.1 Å². The molecule has 0 bridgehead atoms. The van der Waals surface area contributed by atoms with Crippen LogP contribution in [0, 0.1) is 5.21 Å². The van der Waals surface area contributed by atoms with Gasteiger partial charge in [-0.3, -0.25) is 9.69 Å². The predicted octanol–water partition coefficient (Wildman–Crippen LogP) is 4.32. The number of benzene rings is 1. The third-order valence-electron chi connectivity index (χ3n) is 3.81. The van der Waals surface area contributed by atoms with E-state index < -0.39 is 0 Å². The number of aryl methyl sites for hydroxylation is 1. The van der Waals surface area contributed by atoms with Crippen molar-refractivity contribution in [2.75, 3.05) is 4.90 Å². The molecule has 2 heterocycles. The van der Waals surface area contributed by atoms with E-state index in [-0.39, 0.29) is 5.91 Å². The lowest BCUT2D eigenvalue weighted by atomic mass is 10.1. The fraction of sp³-hybridized carbons (Fsp3) is 0.211. The van der Waals surface area contributed by atoms with Crippen molar-refractivity contribution in [1.82, 2.24) is 4.98 Å². The second-order valence-corrected chi connectivity index (χ2v) is 7.48. The summed E-state index contributed by atoms with van der Waals surface area (Å²) in [4.78, 5) is 18.4. The molecular formula is C19H19N3O2S2. The van der Waals surface area contributed by atoms with Gasteiger partial charge in [-0.2, -0.15) is 4.73 Å². The van der Waals surface area contributed by atoms with Crippen molar-refractivity contribution in [1.29, 1.82) is 0 Å². The monoisotopic (exact) mass is 385 g/mol. The lowest BCUT2D eigenvalue weighted by Gasteiger charge is -2.18. The molecule has 0 radical (unpaired) electrons. The van der Waals surface area contributed by atoms with E-state index in [9.17, 15) is 10.0 Å². The SMILES string of the molecule is CCc1ccc(N(C(C)=O)c2nc(CSc3cccc[n+]3[O-])cs2)cc1. The summed E-state index contributed by atoms with van der Waals surface area (Å²) >= 11 is 2.85. The van der Waals surface area contributed by atoms with Crippen LogP contribution in [-0.2, 0) is 17.0 Å². The quantitative estimate of drug-likeness (QED) is 0.360. The topological polar surface area (TPSA) is 60.1 Å². The molecule has 5 nitrogen and oxygen atoms in total. The van der Waals surface area contributed by atoms with E-state index in [1.807, 2.05) is 35.7 Å². The third-order valence-corrected chi connectivity index (χ3v) is 5.73. The van der Waals surface area contributed by atoms with Crippen LogP contribution in [-0.4, -0.2) is 10.9 Å². The van der Waals surface area contributed by atoms with Gasteiger partial charge in [0.05, 0.1) is 11.4 Å². The van der Waals surface area contributed by atoms with Gasteiger partial charge in [0.1, 0.15) is 0 Å². The second kappa shape index (κ2) is 8.33. The van der Waals surface area contributed by atoms with Crippen LogP contribution in [0.4, 0.5) is 10.8 Å². The molecule has 0 spiro atoms. The van der Waals surface area contributed by atoms with Gasteiger partial charge in [-0.05, 0) is 41.9 Å². The Kier molecular flexibility index (Phi) is 5.90. The Morgan fingerprint density at radius 2 is 2.04 bits per heavy atom. The fourth-order valence-corrected chi connectivity index (χ4v) is 4.24. The molecule has 134 valence electrons. The smallest absolute Gasteiger partial charge is 0.251 e. The minimum Gasteiger partial charge on any atom is -0.618 e. The maximum atomic E-state index is 12.2. The number of amides is 1. The van der Waals surface area contributed by atoms with Gasteiger partial charge >= 0.3 is 0 Å². The predicted molar refractivity (Wildman–Crippen MR) is 106 cm³/mol. The number of carbonyl (C=O) groups excluding carboxylic acids is 1. The molecular weight excluding hydrogens is 366 g/mol. The molecule has 0 saturated carbocycles. The number of anilines is 2.